The van der Waals surface area contributed by atoms with Gasteiger partial charge in [-0.2, -0.15) is 0 Å². The Morgan fingerprint density at radius 1 is 0.971 bits per heavy atom. The Kier molecular flexibility index (Phi) is 9.54. The molecule has 9 nitrogen and oxygen atoms in total. The summed E-state index contributed by atoms with van der Waals surface area (Å²) in [6, 6.07) is 12.4. The van der Waals surface area contributed by atoms with Crippen LogP contribution in [0, 0.1) is 6.92 Å². The molecule has 0 aliphatic rings. The molecule has 0 saturated carbocycles. The van der Waals surface area contributed by atoms with E-state index in [2.05, 4.69) is 15.5 Å². The topological polar surface area (TPSA) is 105 Å². The maximum atomic E-state index is 12.4. The van der Waals surface area contributed by atoms with Crippen LogP contribution in [0.15, 0.2) is 47.6 Å². The summed E-state index contributed by atoms with van der Waals surface area (Å²) < 4.78 is 18.5. The molecule has 0 radical (unpaired) electrons. The van der Waals surface area contributed by atoms with Crippen molar-refractivity contribution in [3.63, 3.8) is 0 Å². The molecule has 0 atom stereocenters. The molecule has 3 rings (SSSR count). The third kappa shape index (κ3) is 7.22. The van der Waals surface area contributed by atoms with Crippen molar-refractivity contribution in [1.82, 2.24) is 14.8 Å². The Hall–Kier alpha value is -3.53. The van der Waals surface area contributed by atoms with E-state index in [0.717, 1.165) is 5.56 Å². The zero-order valence-corrected chi connectivity index (χ0v) is 21.2. The molecule has 0 saturated heterocycles. The molecule has 1 aromatic heterocycles. The zero-order valence-electron chi connectivity index (χ0n) is 20.4. The highest BCUT2D eigenvalue weighted by Crippen LogP contribution is 2.29. The number of aromatic nitrogens is 3. The normalized spacial score (nSPS) is 10.6. The maximum absolute atomic E-state index is 12.4. The quantitative estimate of drug-likeness (QED) is 0.288. The third-order valence-electron chi connectivity index (χ3n) is 4.88. The van der Waals surface area contributed by atoms with Crippen LogP contribution in [0.1, 0.15) is 42.5 Å². The Bertz CT molecular complexity index is 1150. The minimum Gasteiger partial charge on any atom is -0.490 e. The summed E-state index contributed by atoms with van der Waals surface area (Å²) in [7, 11) is 0. The van der Waals surface area contributed by atoms with Crippen molar-refractivity contribution in [2.24, 2.45) is 0 Å². The first-order valence-electron chi connectivity index (χ1n) is 11.4. The summed E-state index contributed by atoms with van der Waals surface area (Å²) >= 11 is 1.29. The Morgan fingerprint density at radius 3 is 2.43 bits per heavy atom. The molecule has 2 aromatic carbocycles. The number of hydrogen-bond acceptors (Lipinski definition) is 8. The molecule has 10 heteroatoms. The molecule has 0 fully saturated rings. The van der Waals surface area contributed by atoms with Crippen molar-refractivity contribution in [1.29, 1.82) is 0 Å². The van der Waals surface area contributed by atoms with E-state index < -0.39 is 5.97 Å². The van der Waals surface area contributed by atoms with Gasteiger partial charge in [-0.25, -0.2) is 4.79 Å². The van der Waals surface area contributed by atoms with E-state index in [0.29, 0.717) is 53.5 Å². The number of nitrogens with zero attached hydrogens (tertiary/aromatic N) is 3. The Labute approximate surface area is 209 Å². The van der Waals surface area contributed by atoms with E-state index in [9.17, 15) is 9.59 Å². The molecule has 1 amide bonds. The number of carbonyl (C=O) groups is 2. The van der Waals surface area contributed by atoms with Gasteiger partial charge in [-0.1, -0.05) is 17.8 Å². The lowest BCUT2D eigenvalue weighted by atomic mass is 10.2. The highest BCUT2D eigenvalue weighted by molar-refractivity contribution is 7.99. The molecule has 1 N–H and O–H groups in total. The van der Waals surface area contributed by atoms with Gasteiger partial charge in [-0.15, -0.1) is 10.2 Å². The van der Waals surface area contributed by atoms with Crippen molar-refractivity contribution < 1.29 is 23.8 Å². The second-order valence-corrected chi connectivity index (χ2v) is 8.39. The van der Waals surface area contributed by atoms with Crippen LogP contribution in [-0.4, -0.2) is 45.6 Å². The van der Waals surface area contributed by atoms with Crippen molar-refractivity contribution in [3.05, 3.63) is 59.4 Å². The number of amides is 1. The number of benzene rings is 2. The molecule has 0 unspecified atom stereocenters. The second-order valence-electron chi connectivity index (χ2n) is 7.45. The lowest BCUT2D eigenvalue weighted by Gasteiger charge is -2.13. The van der Waals surface area contributed by atoms with E-state index in [1.807, 2.05) is 43.5 Å². The fraction of sp³-hybridized carbons (Fsp3) is 0.360. The van der Waals surface area contributed by atoms with Crippen LogP contribution in [0.5, 0.6) is 11.5 Å². The van der Waals surface area contributed by atoms with Gasteiger partial charge in [0, 0.05) is 12.2 Å². The van der Waals surface area contributed by atoms with Gasteiger partial charge in [-0.05, 0) is 69.7 Å². The summed E-state index contributed by atoms with van der Waals surface area (Å²) in [6.45, 7) is 9.38. The Morgan fingerprint density at radius 2 is 1.74 bits per heavy atom. The van der Waals surface area contributed by atoms with Crippen LogP contribution in [-0.2, 0) is 22.7 Å². The number of esters is 1. The van der Waals surface area contributed by atoms with Crippen LogP contribution in [0.4, 0.5) is 5.69 Å². The molecular weight excluding hydrogens is 468 g/mol. The van der Waals surface area contributed by atoms with Crippen LogP contribution in [0.2, 0.25) is 0 Å². The van der Waals surface area contributed by atoms with Crippen LogP contribution in [0.3, 0.4) is 0 Å². The molecule has 0 aliphatic heterocycles. The van der Waals surface area contributed by atoms with Crippen molar-refractivity contribution in [3.8, 4) is 11.5 Å². The van der Waals surface area contributed by atoms with Gasteiger partial charge >= 0.3 is 5.97 Å². The van der Waals surface area contributed by atoms with Gasteiger partial charge in [-0.3, -0.25) is 4.79 Å². The van der Waals surface area contributed by atoms with Crippen molar-refractivity contribution in [2.45, 2.75) is 46.0 Å². The minimum absolute atomic E-state index is 0.158. The maximum Gasteiger partial charge on any atom is 0.338 e. The number of nitrogens with one attached hydrogen (secondary N) is 1. The molecule has 1 heterocycles. The van der Waals surface area contributed by atoms with Gasteiger partial charge in [0.05, 0.1) is 24.5 Å². The molecule has 3 aromatic rings. The highest BCUT2D eigenvalue weighted by Gasteiger charge is 2.15. The first-order chi connectivity index (χ1) is 16.9. The number of aryl methyl sites for hydroxylation is 1. The largest absolute Gasteiger partial charge is 0.490 e. The smallest absolute Gasteiger partial charge is 0.338 e. The van der Waals surface area contributed by atoms with E-state index in [-0.39, 0.29) is 18.3 Å². The fourth-order valence-electron chi connectivity index (χ4n) is 3.23. The summed E-state index contributed by atoms with van der Waals surface area (Å²) in [5.74, 6) is 1.57. The van der Waals surface area contributed by atoms with E-state index in [1.54, 1.807) is 31.2 Å². The fourth-order valence-corrected chi connectivity index (χ4v) is 4.05. The van der Waals surface area contributed by atoms with Crippen molar-refractivity contribution in [2.75, 3.05) is 24.3 Å². The lowest BCUT2D eigenvalue weighted by Crippen LogP contribution is -2.15. The molecule has 0 bridgehead atoms. The van der Waals surface area contributed by atoms with Crippen LogP contribution < -0.4 is 14.8 Å². The van der Waals surface area contributed by atoms with Crippen LogP contribution in [0.25, 0.3) is 0 Å². The minimum atomic E-state index is -0.392. The molecule has 186 valence electrons. The summed E-state index contributed by atoms with van der Waals surface area (Å²) in [5, 5.41) is 11.9. The third-order valence-corrected chi connectivity index (χ3v) is 5.84. The van der Waals surface area contributed by atoms with Gasteiger partial charge in [0.25, 0.3) is 0 Å². The lowest BCUT2D eigenvalue weighted by molar-refractivity contribution is -0.113. The summed E-state index contributed by atoms with van der Waals surface area (Å²) in [6.07, 6.45) is 0. The SMILES string of the molecule is CCOC(=O)c1ccc(NC(=O)CSc2nnc(COc3ccc(C)cc3OCC)n2CC)cc1. The predicted molar refractivity (Wildman–Crippen MR) is 134 cm³/mol. The molecule has 0 spiro atoms. The first-order valence-corrected chi connectivity index (χ1v) is 12.4. The average molecular weight is 499 g/mol. The van der Waals surface area contributed by atoms with Gasteiger partial charge in [0.2, 0.25) is 5.91 Å². The van der Waals surface area contributed by atoms with Crippen molar-refractivity contribution >= 4 is 29.3 Å². The number of ether oxygens (including phenoxy) is 3. The van der Waals surface area contributed by atoms with E-state index in [1.165, 1.54) is 11.8 Å². The number of rotatable bonds is 12. The highest BCUT2D eigenvalue weighted by atomic mass is 32.2. The van der Waals surface area contributed by atoms with Gasteiger partial charge < -0.3 is 24.1 Å². The van der Waals surface area contributed by atoms with Crippen LogP contribution >= 0.6 is 11.8 Å². The number of carbonyl (C=O) groups excluding carboxylic acids is 2. The first kappa shape index (κ1) is 26.1. The number of hydrogen-bond donors (Lipinski definition) is 1. The van der Waals surface area contributed by atoms with Gasteiger partial charge in [0.15, 0.2) is 22.5 Å². The number of anilines is 1. The zero-order chi connectivity index (χ0) is 25.2. The predicted octanol–water partition coefficient (Wildman–Crippen LogP) is 4.49. The van der Waals surface area contributed by atoms with E-state index in [4.69, 9.17) is 14.2 Å². The molecule has 0 aliphatic carbocycles. The molecule has 35 heavy (non-hydrogen) atoms. The average Bonchev–Trinajstić information content (AvgIpc) is 3.25. The summed E-state index contributed by atoms with van der Waals surface area (Å²) in [4.78, 5) is 24.2. The van der Waals surface area contributed by atoms with E-state index >= 15 is 0 Å². The second kappa shape index (κ2) is 12.8. The molecular formula is C25H30N4O5S. The van der Waals surface area contributed by atoms with Gasteiger partial charge in [0.1, 0.15) is 6.61 Å². The number of thioether (sulfide) groups is 1. The monoisotopic (exact) mass is 498 g/mol. The standard InChI is InChI=1S/C25H30N4O5S/c1-5-29-22(15-34-20-13-8-17(4)14-21(20)32-6-2)27-28-25(29)35-16-23(30)26-19-11-9-18(10-12-19)24(31)33-7-3/h8-14H,5-7,15-16H2,1-4H3,(H,26,30). The Balaban J connectivity index is 1.56. The summed E-state index contributed by atoms with van der Waals surface area (Å²) in [5.41, 5.74) is 2.12.